The van der Waals surface area contributed by atoms with Gasteiger partial charge in [-0.2, -0.15) is 13.2 Å². The first-order valence-corrected chi connectivity index (χ1v) is 9.78. The van der Waals surface area contributed by atoms with Crippen molar-refractivity contribution in [1.82, 2.24) is 14.5 Å². The van der Waals surface area contributed by atoms with Crippen LogP contribution in [0.2, 0.25) is 0 Å². The molecule has 0 N–H and O–H groups in total. The third-order valence-corrected chi connectivity index (χ3v) is 5.44. The Hall–Kier alpha value is -2.87. The first kappa shape index (κ1) is 20.4. The van der Waals surface area contributed by atoms with Crippen molar-refractivity contribution in [3.63, 3.8) is 0 Å². The molecule has 8 heteroatoms. The van der Waals surface area contributed by atoms with Crippen molar-refractivity contribution in [2.24, 2.45) is 13.0 Å². The molecule has 158 valence electrons. The van der Waals surface area contributed by atoms with Gasteiger partial charge in [-0.15, -0.1) is 0 Å². The highest BCUT2D eigenvalue weighted by Gasteiger charge is 2.36. The van der Waals surface area contributed by atoms with E-state index >= 15 is 0 Å². The molecule has 0 unspecified atom stereocenters. The van der Waals surface area contributed by atoms with E-state index in [1.807, 2.05) is 18.2 Å². The van der Waals surface area contributed by atoms with Crippen LogP contribution in [0, 0.1) is 5.92 Å². The van der Waals surface area contributed by atoms with Crippen LogP contribution in [0.1, 0.15) is 28.2 Å². The molecule has 0 bridgehead atoms. The summed E-state index contributed by atoms with van der Waals surface area (Å²) in [4.78, 5) is 18.4. The molecule has 0 aliphatic carbocycles. The van der Waals surface area contributed by atoms with Crippen molar-refractivity contribution in [3.05, 3.63) is 65.5 Å². The van der Waals surface area contributed by atoms with Crippen LogP contribution in [0.5, 0.6) is 0 Å². The smallest absolute Gasteiger partial charge is 0.449 e. The quantitative estimate of drug-likeness (QED) is 0.582. The summed E-state index contributed by atoms with van der Waals surface area (Å²) in [5, 5.41) is 0. The number of aryl methyl sites for hydroxylation is 1. The SMILES string of the molecule is Cn1c(C(F)(F)F)nc2cc(C(=O)OC[C@H]3CCN(Cc4ccccc4)C3)ccc21. The highest BCUT2D eigenvalue weighted by Crippen LogP contribution is 2.31. The molecule has 1 aliphatic heterocycles. The largest absolute Gasteiger partial charge is 0.462 e. The van der Waals surface area contributed by atoms with Gasteiger partial charge < -0.3 is 9.30 Å². The zero-order valence-electron chi connectivity index (χ0n) is 16.5. The maximum Gasteiger partial charge on any atom is 0.449 e. The average Bonchev–Trinajstić information content (AvgIpc) is 3.30. The van der Waals surface area contributed by atoms with Crippen molar-refractivity contribution in [2.75, 3.05) is 19.7 Å². The Morgan fingerprint density at radius 1 is 1.20 bits per heavy atom. The third kappa shape index (κ3) is 4.33. The van der Waals surface area contributed by atoms with E-state index in [9.17, 15) is 18.0 Å². The number of likely N-dealkylation sites (tertiary alicyclic amines) is 1. The van der Waals surface area contributed by atoms with Crippen LogP contribution in [-0.2, 0) is 24.5 Å². The van der Waals surface area contributed by atoms with Crippen molar-refractivity contribution < 1.29 is 22.7 Å². The van der Waals surface area contributed by atoms with E-state index in [1.165, 1.54) is 30.8 Å². The van der Waals surface area contributed by atoms with Crippen LogP contribution in [0.4, 0.5) is 13.2 Å². The van der Waals surface area contributed by atoms with Gasteiger partial charge in [-0.1, -0.05) is 30.3 Å². The number of fused-ring (bicyclic) bond motifs is 1. The molecule has 1 saturated heterocycles. The summed E-state index contributed by atoms with van der Waals surface area (Å²) in [7, 11) is 1.30. The molecule has 0 saturated carbocycles. The minimum absolute atomic E-state index is 0.120. The molecule has 0 spiro atoms. The van der Waals surface area contributed by atoms with Gasteiger partial charge in [-0.05, 0) is 36.7 Å². The van der Waals surface area contributed by atoms with Gasteiger partial charge in [0.15, 0.2) is 0 Å². The molecule has 4 rings (SSSR count). The van der Waals surface area contributed by atoms with Crippen LogP contribution < -0.4 is 0 Å². The predicted octanol–water partition coefficient (Wildman–Crippen LogP) is 4.27. The second kappa shape index (κ2) is 8.10. The maximum atomic E-state index is 13.0. The number of alkyl halides is 3. The maximum absolute atomic E-state index is 13.0. The number of rotatable bonds is 5. The molecular weight excluding hydrogens is 395 g/mol. The lowest BCUT2D eigenvalue weighted by atomic mass is 10.1. The topological polar surface area (TPSA) is 47.4 Å². The minimum atomic E-state index is -4.55. The number of hydrogen-bond acceptors (Lipinski definition) is 4. The Balaban J connectivity index is 1.36. The third-order valence-electron chi connectivity index (χ3n) is 5.44. The Morgan fingerprint density at radius 2 is 1.97 bits per heavy atom. The second-order valence-corrected chi connectivity index (χ2v) is 7.67. The number of aromatic nitrogens is 2. The number of benzene rings is 2. The van der Waals surface area contributed by atoms with E-state index in [0.29, 0.717) is 5.52 Å². The Kier molecular flexibility index (Phi) is 5.51. The molecule has 1 aromatic heterocycles. The van der Waals surface area contributed by atoms with Crippen molar-refractivity contribution in [2.45, 2.75) is 19.1 Å². The van der Waals surface area contributed by atoms with Crippen molar-refractivity contribution >= 4 is 17.0 Å². The Morgan fingerprint density at radius 3 is 2.70 bits per heavy atom. The van der Waals surface area contributed by atoms with Gasteiger partial charge >= 0.3 is 12.1 Å². The summed E-state index contributed by atoms with van der Waals surface area (Å²) in [6, 6.07) is 14.5. The van der Waals surface area contributed by atoms with E-state index in [1.54, 1.807) is 0 Å². The van der Waals surface area contributed by atoms with E-state index in [4.69, 9.17) is 4.74 Å². The van der Waals surface area contributed by atoms with Crippen LogP contribution in [0.3, 0.4) is 0 Å². The van der Waals surface area contributed by atoms with E-state index in [-0.39, 0.29) is 23.6 Å². The van der Waals surface area contributed by atoms with E-state index in [2.05, 4.69) is 22.0 Å². The molecule has 0 amide bonds. The number of esters is 1. The van der Waals surface area contributed by atoms with Crippen molar-refractivity contribution in [3.8, 4) is 0 Å². The van der Waals surface area contributed by atoms with Gasteiger partial charge in [0.2, 0.25) is 5.82 Å². The first-order valence-electron chi connectivity index (χ1n) is 9.78. The molecule has 3 aromatic rings. The lowest BCUT2D eigenvalue weighted by Crippen LogP contribution is -2.22. The summed E-state index contributed by atoms with van der Waals surface area (Å²) >= 11 is 0. The fourth-order valence-electron chi connectivity index (χ4n) is 3.89. The highest BCUT2D eigenvalue weighted by molar-refractivity contribution is 5.93. The molecule has 1 atom stereocenters. The molecule has 2 aromatic carbocycles. The Labute approximate surface area is 172 Å². The van der Waals surface area contributed by atoms with E-state index < -0.39 is 18.0 Å². The normalized spacial score (nSPS) is 17.5. The number of carbonyl (C=O) groups excluding carboxylic acids is 1. The molecule has 30 heavy (non-hydrogen) atoms. The van der Waals surface area contributed by atoms with E-state index in [0.717, 1.165) is 30.6 Å². The van der Waals surface area contributed by atoms with Crippen LogP contribution in [0.15, 0.2) is 48.5 Å². The first-order chi connectivity index (χ1) is 14.3. The van der Waals surface area contributed by atoms with Crippen LogP contribution in [-0.4, -0.2) is 40.1 Å². The Bertz CT molecular complexity index is 1050. The number of imidazole rings is 1. The fourth-order valence-corrected chi connectivity index (χ4v) is 3.89. The number of nitrogens with zero attached hydrogens (tertiary/aromatic N) is 3. The summed E-state index contributed by atoms with van der Waals surface area (Å²) in [6.07, 6.45) is -3.61. The summed E-state index contributed by atoms with van der Waals surface area (Å²) in [5.41, 5.74) is 1.88. The molecular formula is C22H22F3N3O2. The van der Waals surface area contributed by atoms with Crippen LogP contribution >= 0.6 is 0 Å². The molecule has 2 heterocycles. The highest BCUT2D eigenvalue weighted by atomic mass is 19.4. The molecule has 0 radical (unpaired) electrons. The number of hydrogen-bond donors (Lipinski definition) is 0. The van der Waals surface area contributed by atoms with Crippen LogP contribution in [0.25, 0.3) is 11.0 Å². The number of halogens is 3. The summed E-state index contributed by atoms with van der Waals surface area (Å²) in [5.74, 6) is -1.29. The second-order valence-electron chi connectivity index (χ2n) is 7.67. The van der Waals surface area contributed by atoms with Gasteiger partial charge in [-0.3, -0.25) is 4.90 Å². The average molecular weight is 417 g/mol. The zero-order chi connectivity index (χ0) is 21.3. The fraction of sp³-hybridized carbons (Fsp3) is 0.364. The van der Waals surface area contributed by atoms with Gasteiger partial charge in [0.05, 0.1) is 23.2 Å². The van der Waals surface area contributed by atoms with Gasteiger partial charge in [-0.25, -0.2) is 9.78 Å². The number of ether oxygens (including phenoxy) is 1. The minimum Gasteiger partial charge on any atom is -0.462 e. The summed E-state index contributed by atoms with van der Waals surface area (Å²) in [6.45, 7) is 2.94. The monoisotopic (exact) mass is 417 g/mol. The van der Waals surface area contributed by atoms with Gasteiger partial charge in [0.25, 0.3) is 0 Å². The molecule has 1 aliphatic rings. The number of carbonyl (C=O) groups is 1. The zero-order valence-corrected chi connectivity index (χ0v) is 16.5. The lowest BCUT2D eigenvalue weighted by Gasteiger charge is -2.16. The molecule has 1 fully saturated rings. The predicted molar refractivity (Wildman–Crippen MR) is 106 cm³/mol. The van der Waals surface area contributed by atoms with Gasteiger partial charge in [0, 0.05) is 26.1 Å². The lowest BCUT2D eigenvalue weighted by molar-refractivity contribution is -0.146. The van der Waals surface area contributed by atoms with Gasteiger partial charge in [0.1, 0.15) is 0 Å². The molecule has 5 nitrogen and oxygen atoms in total. The summed E-state index contributed by atoms with van der Waals surface area (Å²) < 4.78 is 45.5. The van der Waals surface area contributed by atoms with Crippen molar-refractivity contribution in [1.29, 1.82) is 0 Å². The standard InChI is InChI=1S/C22H22F3N3O2/c1-27-19-8-7-17(11-18(19)26-21(27)22(23,24)25)20(29)30-14-16-9-10-28(13-16)12-15-5-3-2-4-6-15/h2-8,11,16H,9-10,12-14H2,1H3/t16-/m0/s1.